The van der Waals surface area contributed by atoms with Crippen LogP contribution >= 0.6 is 0 Å². The fourth-order valence-corrected chi connectivity index (χ4v) is 1.57. The summed E-state index contributed by atoms with van der Waals surface area (Å²) < 4.78 is 18.4. The Balaban J connectivity index is 2.36. The van der Waals surface area contributed by atoms with Gasteiger partial charge in [0, 0.05) is 24.4 Å². The molecule has 1 N–H and O–H groups in total. The molecule has 0 fully saturated rings. The van der Waals surface area contributed by atoms with Crippen LogP contribution in [0.2, 0.25) is 0 Å². The molecular formula is C13H11FN2O4. The van der Waals surface area contributed by atoms with Gasteiger partial charge in [0.15, 0.2) is 0 Å². The normalized spacial score (nSPS) is 11.9. The lowest BCUT2D eigenvalue weighted by Crippen LogP contribution is -1.97. The minimum absolute atomic E-state index is 0.0390. The van der Waals surface area contributed by atoms with Crippen molar-refractivity contribution in [2.45, 2.75) is 13.0 Å². The average molecular weight is 278 g/mol. The number of aliphatic hydroxyl groups excluding tert-OH is 1. The van der Waals surface area contributed by atoms with Gasteiger partial charge in [0.1, 0.15) is 5.82 Å². The number of halogens is 1. The molecule has 1 atom stereocenters. The smallest absolute Gasteiger partial charge is 0.311 e. The van der Waals surface area contributed by atoms with Crippen LogP contribution < -0.4 is 4.74 Å². The summed E-state index contributed by atoms with van der Waals surface area (Å²) in [6, 6.07) is 5.92. The number of aliphatic hydroxyl groups is 1. The highest BCUT2D eigenvalue weighted by atomic mass is 19.1. The Labute approximate surface area is 113 Å². The standard InChI is InChI=1S/C13H11FN2O4/c1-8(17)9-4-5-15-13(6-9)20-12-7-10(14)2-3-11(12)16(18)19/h2-8,17H,1H3. The number of nitro benzene ring substituents is 1. The van der Waals surface area contributed by atoms with Crippen molar-refractivity contribution in [2.24, 2.45) is 0 Å². The average Bonchev–Trinajstić information content (AvgIpc) is 2.38. The van der Waals surface area contributed by atoms with Gasteiger partial charge in [-0.05, 0) is 24.6 Å². The molecule has 0 radical (unpaired) electrons. The van der Waals surface area contributed by atoms with Crippen LogP contribution in [0.1, 0.15) is 18.6 Å². The first-order valence-corrected chi connectivity index (χ1v) is 5.73. The van der Waals surface area contributed by atoms with Crippen LogP contribution in [0.5, 0.6) is 11.6 Å². The van der Waals surface area contributed by atoms with E-state index in [0.717, 1.165) is 18.2 Å². The largest absolute Gasteiger partial charge is 0.432 e. The molecule has 6 nitrogen and oxygen atoms in total. The van der Waals surface area contributed by atoms with Gasteiger partial charge < -0.3 is 9.84 Å². The van der Waals surface area contributed by atoms with Crippen molar-refractivity contribution in [2.75, 3.05) is 0 Å². The van der Waals surface area contributed by atoms with Crippen LogP contribution in [0.25, 0.3) is 0 Å². The number of hydrogen-bond donors (Lipinski definition) is 1. The number of ether oxygens (including phenoxy) is 1. The van der Waals surface area contributed by atoms with Gasteiger partial charge in [-0.1, -0.05) is 0 Å². The van der Waals surface area contributed by atoms with Crippen molar-refractivity contribution >= 4 is 5.69 Å². The topological polar surface area (TPSA) is 85.5 Å². The van der Waals surface area contributed by atoms with Crippen LogP contribution in [-0.4, -0.2) is 15.0 Å². The highest BCUT2D eigenvalue weighted by molar-refractivity contribution is 5.48. The fraction of sp³-hybridized carbons (Fsp3) is 0.154. The lowest BCUT2D eigenvalue weighted by atomic mass is 10.2. The SMILES string of the molecule is CC(O)c1ccnc(Oc2cc(F)ccc2[N+](=O)[O-])c1. The maximum atomic E-state index is 13.2. The van der Waals surface area contributed by atoms with E-state index in [1.54, 1.807) is 13.0 Å². The summed E-state index contributed by atoms with van der Waals surface area (Å²) in [6.45, 7) is 1.56. The van der Waals surface area contributed by atoms with Crippen molar-refractivity contribution in [3.05, 3.63) is 58.0 Å². The molecule has 0 spiro atoms. The zero-order valence-corrected chi connectivity index (χ0v) is 10.5. The molecule has 2 rings (SSSR count). The molecule has 0 saturated heterocycles. The molecule has 1 heterocycles. The first-order valence-electron chi connectivity index (χ1n) is 5.73. The van der Waals surface area contributed by atoms with E-state index in [1.165, 1.54) is 12.3 Å². The predicted octanol–water partition coefficient (Wildman–Crippen LogP) is 2.97. The van der Waals surface area contributed by atoms with Crippen molar-refractivity contribution in [1.82, 2.24) is 4.98 Å². The third kappa shape index (κ3) is 3.07. The summed E-state index contributed by atoms with van der Waals surface area (Å²) in [7, 11) is 0. The third-order valence-corrected chi connectivity index (χ3v) is 2.57. The van der Waals surface area contributed by atoms with Crippen molar-refractivity contribution in [1.29, 1.82) is 0 Å². The molecule has 0 bridgehead atoms. The maximum absolute atomic E-state index is 13.2. The monoisotopic (exact) mass is 278 g/mol. The molecule has 0 aliphatic carbocycles. The zero-order valence-electron chi connectivity index (χ0n) is 10.5. The molecule has 1 aromatic heterocycles. The molecule has 7 heteroatoms. The number of rotatable bonds is 4. The van der Waals surface area contributed by atoms with E-state index >= 15 is 0 Å². The predicted molar refractivity (Wildman–Crippen MR) is 68.0 cm³/mol. The van der Waals surface area contributed by atoms with E-state index in [1.807, 2.05) is 0 Å². The zero-order chi connectivity index (χ0) is 14.7. The molecule has 104 valence electrons. The summed E-state index contributed by atoms with van der Waals surface area (Å²) in [6.07, 6.45) is 0.658. The molecule has 2 aromatic rings. The van der Waals surface area contributed by atoms with Gasteiger partial charge in [-0.15, -0.1) is 0 Å². The second-order valence-corrected chi connectivity index (χ2v) is 4.07. The molecule has 20 heavy (non-hydrogen) atoms. The van der Waals surface area contributed by atoms with E-state index in [4.69, 9.17) is 4.74 Å². The molecule has 0 aliphatic rings. The number of aromatic nitrogens is 1. The van der Waals surface area contributed by atoms with Crippen LogP contribution in [0, 0.1) is 15.9 Å². The van der Waals surface area contributed by atoms with Gasteiger partial charge in [-0.2, -0.15) is 0 Å². The minimum atomic E-state index is -0.733. The molecule has 1 unspecified atom stereocenters. The lowest BCUT2D eigenvalue weighted by Gasteiger charge is -2.08. The Morgan fingerprint density at radius 3 is 2.80 bits per heavy atom. The van der Waals surface area contributed by atoms with Crippen molar-refractivity contribution in [3.63, 3.8) is 0 Å². The van der Waals surface area contributed by atoms with E-state index in [-0.39, 0.29) is 17.3 Å². The number of hydrogen-bond acceptors (Lipinski definition) is 5. The summed E-state index contributed by atoms with van der Waals surface area (Å²) in [5.74, 6) is -0.861. The van der Waals surface area contributed by atoms with E-state index in [2.05, 4.69) is 4.98 Å². The summed E-state index contributed by atoms with van der Waals surface area (Å²) >= 11 is 0. The Morgan fingerprint density at radius 2 is 2.15 bits per heavy atom. The van der Waals surface area contributed by atoms with Gasteiger partial charge in [-0.3, -0.25) is 10.1 Å². The van der Waals surface area contributed by atoms with E-state index < -0.39 is 16.8 Å². The molecule has 0 amide bonds. The van der Waals surface area contributed by atoms with E-state index in [0.29, 0.717) is 5.56 Å². The Kier molecular flexibility index (Phi) is 3.90. The maximum Gasteiger partial charge on any atom is 0.311 e. The highest BCUT2D eigenvalue weighted by Gasteiger charge is 2.17. The van der Waals surface area contributed by atoms with Gasteiger partial charge in [0.05, 0.1) is 11.0 Å². The summed E-state index contributed by atoms with van der Waals surface area (Å²) in [5.41, 5.74) is 0.171. The lowest BCUT2D eigenvalue weighted by molar-refractivity contribution is -0.385. The van der Waals surface area contributed by atoms with Gasteiger partial charge in [0.25, 0.3) is 0 Å². The van der Waals surface area contributed by atoms with Gasteiger partial charge in [0.2, 0.25) is 11.6 Å². The Bertz CT molecular complexity index is 646. The molecule has 0 saturated carbocycles. The van der Waals surface area contributed by atoms with E-state index in [9.17, 15) is 19.6 Å². The van der Waals surface area contributed by atoms with Gasteiger partial charge >= 0.3 is 5.69 Å². The molecule has 1 aromatic carbocycles. The summed E-state index contributed by atoms with van der Waals surface area (Å²) in [4.78, 5) is 14.0. The number of benzene rings is 1. The van der Waals surface area contributed by atoms with Crippen LogP contribution in [0.4, 0.5) is 10.1 Å². The number of nitro groups is 1. The van der Waals surface area contributed by atoms with Crippen LogP contribution in [-0.2, 0) is 0 Å². The quantitative estimate of drug-likeness (QED) is 0.686. The number of nitrogens with zero attached hydrogens (tertiary/aromatic N) is 2. The van der Waals surface area contributed by atoms with Crippen LogP contribution in [0.15, 0.2) is 36.5 Å². The Hall–Kier alpha value is -2.54. The fourth-order valence-electron chi connectivity index (χ4n) is 1.57. The molecular weight excluding hydrogens is 267 g/mol. The second kappa shape index (κ2) is 5.62. The van der Waals surface area contributed by atoms with Crippen LogP contribution in [0.3, 0.4) is 0 Å². The number of pyridine rings is 1. The van der Waals surface area contributed by atoms with Crippen molar-refractivity contribution in [3.8, 4) is 11.6 Å². The second-order valence-electron chi connectivity index (χ2n) is 4.07. The third-order valence-electron chi connectivity index (χ3n) is 2.57. The van der Waals surface area contributed by atoms with Crippen molar-refractivity contribution < 1.29 is 19.2 Å². The Morgan fingerprint density at radius 1 is 1.40 bits per heavy atom. The summed E-state index contributed by atoms with van der Waals surface area (Å²) in [5, 5.41) is 20.3. The highest BCUT2D eigenvalue weighted by Crippen LogP contribution is 2.31. The van der Waals surface area contributed by atoms with Gasteiger partial charge in [-0.25, -0.2) is 9.37 Å². The first kappa shape index (κ1) is 13.9. The minimum Gasteiger partial charge on any atom is -0.432 e. The molecule has 0 aliphatic heterocycles. The first-order chi connectivity index (χ1) is 9.47.